The van der Waals surface area contributed by atoms with Crippen LogP contribution in [-0.4, -0.2) is 25.8 Å². The highest BCUT2D eigenvalue weighted by molar-refractivity contribution is 4.70. The van der Waals surface area contributed by atoms with Crippen LogP contribution in [0.5, 0.6) is 0 Å². The predicted molar refractivity (Wildman–Crippen MR) is 35.0 cm³/mol. The second-order valence-corrected chi connectivity index (χ2v) is 2.07. The first-order chi connectivity index (χ1) is 3.93. The minimum Gasteiger partial charge on any atom is -0.377 e. The molecule has 0 aromatic heterocycles. The van der Waals surface area contributed by atoms with Crippen LogP contribution in [0.1, 0.15) is 14.8 Å². The van der Waals surface area contributed by atoms with Crippen molar-refractivity contribution >= 4 is 0 Å². The summed E-state index contributed by atoms with van der Waals surface area (Å²) in [4.78, 5) is 0. The molecular formula is C6H15NO. The Labute approximate surface area is 51.7 Å². The highest BCUT2D eigenvalue weighted by Crippen LogP contribution is 2.01. The normalized spacial score (nSPS) is 28.9. The summed E-state index contributed by atoms with van der Waals surface area (Å²) in [5, 5.41) is 3.23. The number of hydrogen-bond donors (Lipinski definition) is 1. The van der Waals surface area contributed by atoms with Crippen molar-refractivity contribution in [3.63, 3.8) is 0 Å². The van der Waals surface area contributed by atoms with Crippen LogP contribution < -0.4 is 5.32 Å². The molecule has 1 saturated heterocycles. The zero-order valence-electron chi connectivity index (χ0n) is 5.31. The van der Waals surface area contributed by atoms with Crippen LogP contribution in [-0.2, 0) is 4.74 Å². The van der Waals surface area contributed by atoms with Gasteiger partial charge >= 0.3 is 0 Å². The molecule has 0 amide bonds. The van der Waals surface area contributed by atoms with Crippen molar-refractivity contribution in [2.24, 2.45) is 0 Å². The van der Waals surface area contributed by atoms with E-state index in [1.807, 2.05) is 6.92 Å². The molecule has 2 nitrogen and oxygen atoms in total. The van der Waals surface area contributed by atoms with Crippen molar-refractivity contribution < 1.29 is 6.16 Å². The quantitative estimate of drug-likeness (QED) is 0.573. The van der Waals surface area contributed by atoms with E-state index in [-0.39, 0.29) is 1.43 Å². The van der Waals surface area contributed by atoms with Crippen molar-refractivity contribution in [3.05, 3.63) is 0 Å². The molecule has 1 N–H and O–H groups in total. The number of nitrogens with one attached hydrogen (secondary N) is 1. The van der Waals surface area contributed by atoms with Gasteiger partial charge in [-0.1, -0.05) is 0 Å². The van der Waals surface area contributed by atoms with E-state index in [2.05, 4.69) is 5.32 Å². The van der Waals surface area contributed by atoms with E-state index in [0.29, 0.717) is 6.10 Å². The molecule has 2 heteroatoms. The minimum atomic E-state index is 0. The van der Waals surface area contributed by atoms with E-state index in [0.717, 1.165) is 19.7 Å². The maximum Gasteiger partial charge on any atom is 0.0711 e. The number of rotatable bonds is 2. The van der Waals surface area contributed by atoms with E-state index in [1.54, 1.807) is 0 Å². The largest absolute Gasteiger partial charge is 0.377 e. The molecule has 0 radical (unpaired) electrons. The van der Waals surface area contributed by atoms with Crippen molar-refractivity contribution in [1.82, 2.24) is 5.32 Å². The summed E-state index contributed by atoms with van der Waals surface area (Å²) >= 11 is 0. The molecule has 0 aliphatic carbocycles. The van der Waals surface area contributed by atoms with Crippen molar-refractivity contribution in [2.45, 2.75) is 19.4 Å². The standard InChI is InChI=1S/C6H13NO.H2/c1-2-8-6-3-4-7-5-6;/h6-7H,2-5H2,1H3;1H. The second kappa shape index (κ2) is 3.05. The van der Waals surface area contributed by atoms with Crippen LogP contribution in [0, 0.1) is 0 Å². The summed E-state index contributed by atoms with van der Waals surface area (Å²) in [6.07, 6.45) is 1.69. The third kappa shape index (κ3) is 1.46. The number of ether oxygens (including phenoxy) is 1. The summed E-state index contributed by atoms with van der Waals surface area (Å²) in [5.41, 5.74) is 0. The topological polar surface area (TPSA) is 21.3 Å². The lowest BCUT2D eigenvalue weighted by Crippen LogP contribution is -2.16. The van der Waals surface area contributed by atoms with Crippen LogP contribution in [0.25, 0.3) is 0 Å². The van der Waals surface area contributed by atoms with E-state index in [9.17, 15) is 0 Å². The van der Waals surface area contributed by atoms with Crippen LogP contribution >= 0.6 is 0 Å². The summed E-state index contributed by atoms with van der Waals surface area (Å²) in [7, 11) is 0. The fourth-order valence-electron chi connectivity index (χ4n) is 1.01. The third-order valence-electron chi connectivity index (χ3n) is 1.42. The summed E-state index contributed by atoms with van der Waals surface area (Å²) in [5.74, 6) is 0. The first kappa shape index (κ1) is 6.05. The molecule has 0 aromatic rings. The Morgan fingerprint density at radius 2 is 2.75 bits per heavy atom. The average Bonchev–Trinajstić information content (AvgIpc) is 2.19. The van der Waals surface area contributed by atoms with Gasteiger partial charge in [0.1, 0.15) is 0 Å². The van der Waals surface area contributed by atoms with Gasteiger partial charge in [0.25, 0.3) is 0 Å². The van der Waals surface area contributed by atoms with Gasteiger partial charge in [0.2, 0.25) is 0 Å². The monoisotopic (exact) mass is 117 g/mol. The molecule has 1 fully saturated rings. The SMILES string of the molecule is CCOC1CCNC1.[HH]. The van der Waals surface area contributed by atoms with Crippen LogP contribution in [0.2, 0.25) is 0 Å². The molecule has 8 heavy (non-hydrogen) atoms. The Balaban J connectivity index is 0.000000640. The first-order valence-electron chi connectivity index (χ1n) is 3.26. The lowest BCUT2D eigenvalue weighted by Gasteiger charge is -2.05. The lowest BCUT2D eigenvalue weighted by molar-refractivity contribution is 0.0775. The fourth-order valence-corrected chi connectivity index (χ4v) is 1.01. The van der Waals surface area contributed by atoms with Gasteiger partial charge in [0.15, 0.2) is 0 Å². The smallest absolute Gasteiger partial charge is 0.0711 e. The molecule has 0 saturated carbocycles. The van der Waals surface area contributed by atoms with E-state index < -0.39 is 0 Å². The van der Waals surface area contributed by atoms with E-state index in [1.165, 1.54) is 6.42 Å². The van der Waals surface area contributed by atoms with Gasteiger partial charge in [-0.25, -0.2) is 0 Å². The highest BCUT2D eigenvalue weighted by atomic mass is 16.5. The van der Waals surface area contributed by atoms with Crippen molar-refractivity contribution in [2.75, 3.05) is 19.7 Å². The maximum absolute atomic E-state index is 5.34. The summed E-state index contributed by atoms with van der Waals surface area (Å²) in [6, 6.07) is 0. The molecule has 0 bridgehead atoms. The van der Waals surface area contributed by atoms with Gasteiger partial charge in [-0.15, -0.1) is 0 Å². The summed E-state index contributed by atoms with van der Waals surface area (Å²) < 4.78 is 5.34. The fraction of sp³-hybridized carbons (Fsp3) is 1.00. The molecule has 1 atom stereocenters. The lowest BCUT2D eigenvalue weighted by atomic mass is 10.3. The van der Waals surface area contributed by atoms with Gasteiger partial charge in [-0.2, -0.15) is 0 Å². The molecule has 1 aliphatic heterocycles. The molecule has 0 aromatic carbocycles. The minimum absolute atomic E-state index is 0. The Morgan fingerprint density at radius 1 is 1.88 bits per heavy atom. The van der Waals surface area contributed by atoms with Gasteiger partial charge in [-0.05, 0) is 19.9 Å². The predicted octanol–water partition coefficient (Wildman–Crippen LogP) is 0.631. The molecular weight excluding hydrogens is 102 g/mol. The zero-order valence-corrected chi connectivity index (χ0v) is 5.31. The molecule has 50 valence electrons. The van der Waals surface area contributed by atoms with Gasteiger partial charge < -0.3 is 10.1 Å². The Bertz CT molecular complexity index is 64.1. The van der Waals surface area contributed by atoms with Crippen LogP contribution in [0.15, 0.2) is 0 Å². The van der Waals surface area contributed by atoms with Crippen LogP contribution in [0.3, 0.4) is 0 Å². The Kier molecular flexibility index (Phi) is 2.30. The van der Waals surface area contributed by atoms with E-state index in [4.69, 9.17) is 4.74 Å². The van der Waals surface area contributed by atoms with Crippen molar-refractivity contribution in [3.8, 4) is 0 Å². The van der Waals surface area contributed by atoms with Gasteiger partial charge in [0, 0.05) is 14.6 Å². The highest BCUT2D eigenvalue weighted by Gasteiger charge is 2.12. The number of hydrogen-bond acceptors (Lipinski definition) is 2. The molecule has 1 heterocycles. The van der Waals surface area contributed by atoms with Gasteiger partial charge in [0.05, 0.1) is 6.10 Å². The Morgan fingerprint density at radius 3 is 3.25 bits per heavy atom. The first-order valence-corrected chi connectivity index (χ1v) is 3.26. The van der Waals surface area contributed by atoms with Crippen LogP contribution in [0.4, 0.5) is 0 Å². The third-order valence-corrected chi connectivity index (χ3v) is 1.42. The molecule has 1 rings (SSSR count). The zero-order chi connectivity index (χ0) is 5.82. The summed E-state index contributed by atoms with van der Waals surface area (Å²) in [6.45, 7) is 5.07. The maximum atomic E-state index is 5.34. The van der Waals surface area contributed by atoms with E-state index >= 15 is 0 Å². The Hall–Kier alpha value is -0.0800. The molecule has 0 spiro atoms. The molecule has 1 unspecified atom stereocenters. The second-order valence-electron chi connectivity index (χ2n) is 2.07. The van der Waals surface area contributed by atoms with Gasteiger partial charge in [-0.3, -0.25) is 0 Å². The van der Waals surface area contributed by atoms with Crippen molar-refractivity contribution in [1.29, 1.82) is 0 Å². The molecule has 1 aliphatic rings. The average molecular weight is 117 g/mol.